The second-order valence-corrected chi connectivity index (χ2v) is 5.22. The molecule has 1 heterocycles. The van der Waals surface area contributed by atoms with E-state index in [0.29, 0.717) is 30.4 Å². The molecule has 0 aliphatic carbocycles. The molecule has 23 heavy (non-hydrogen) atoms. The number of nitrogens with two attached hydrogens (primary N) is 3. The molecule has 1 rings (SSSR count). The summed E-state index contributed by atoms with van der Waals surface area (Å²) in [5.41, 5.74) is 15.3. The standard InChI is InChI=1S/C6H14N4O2.C5H7N3O2S/c7-4(5(11)12)2-1-3-10-6(8)9;1-3-6-5(8-7-3)11-2-4(9)10/h4H,1-3,7H2,(H,11,12)(H4,8,9,10);2H2,1H3,(H,9,10)(H,6,7,8). The van der Waals surface area contributed by atoms with E-state index in [1.807, 2.05) is 0 Å². The monoisotopic (exact) mass is 347 g/mol. The Kier molecular flexibility index (Phi) is 10.1. The fourth-order valence-corrected chi connectivity index (χ4v) is 1.72. The van der Waals surface area contributed by atoms with Crippen molar-refractivity contribution in [2.45, 2.75) is 31.0 Å². The molecule has 1 atom stereocenters. The largest absolute Gasteiger partial charge is 0.481 e. The maximum absolute atomic E-state index is 10.2. The molecule has 0 aliphatic heterocycles. The van der Waals surface area contributed by atoms with Crippen LogP contribution in [0.2, 0.25) is 0 Å². The van der Waals surface area contributed by atoms with Gasteiger partial charge in [0.1, 0.15) is 11.9 Å². The van der Waals surface area contributed by atoms with Gasteiger partial charge in [0.2, 0.25) is 5.16 Å². The van der Waals surface area contributed by atoms with Gasteiger partial charge in [0.05, 0.1) is 5.75 Å². The topological polar surface area (TPSA) is 207 Å². The summed E-state index contributed by atoms with van der Waals surface area (Å²) in [4.78, 5) is 27.9. The number of nitrogens with zero attached hydrogens (tertiary/aromatic N) is 3. The van der Waals surface area contributed by atoms with Crippen molar-refractivity contribution in [2.24, 2.45) is 22.2 Å². The molecule has 12 heteroatoms. The average Bonchev–Trinajstić information content (AvgIpc) is 2.87. The Balaban J connectivity index is 0.000000422. The number of nitrogens with one attached hydrogen (secondary N) is 1. The summed E-state index contributed by atoms with van der Waals surface area (Å²) in [5, 5.41) is 23.5. The van der Waals surface area contributed by atoms with Crippen molar-refractivity contribution in [1.29, 1.82) is 0 Å². The van der Waals surface area contributed by atoms with Crippen LogP contribution >= 0.6 is 11.8 Å². The number of carbonyl (C=O) groups is 2. The van der Waals surface area contributed by atoms with Crippen LogP contribution in [0.15, 0.2) is 10.1 Å². The van der Waals surface area contributed by atoms with Crippen LogP contribution in [0.1, 0.15) is 18.7 Å². The van der Waals surface area contributed by atoms with Gasteiger partial charge in [0.15, 0.2) is 5.96 Å². The smallest absolute Gasteiger partial charge is 0.320 e. The zero-order valence-corrected chi connectivity index (χ0v) is 13.4. The van der Waals surface area contributed by atoms with E-state index in [0.717, 1.165) is 11.8 Å². The highest BCUT2D eigenvalue weighted by Crippen LogP contribution is 2.10. The van der Waals surface area contributed by atoms with Crippen LogP contribution in [-0.4, -0.2) is 61.6 Å². The maximum Gasteiger partial charge on any atom is 0.320 e. The minimum atomic E-state index is -1.00. The number of guanidine groups is 1. The van der Waals surface area contributed by atoms with E-state index in [-0.39, 0.29) is 11.7 Å². The molecule has 1 aromatic heterocycles. The molecule has 0 fully saturated rings. The molecule has 0 saturated carbocycles. The second-order valence-electron chi connectivity index (χ2n) is 4.28. The number of H-pyrrole nitrogens is 1. The molecule has 11 nitrogen and oxygen atoms in total. The summed E-state index contributed by atoms with van der Waals surface area (Å²) in [5.74, 6) is -1.16. The normalized spacial score (nSPS) is 11.0. The summed E-state index contributed by atoms with van der Waals surface area (Å²) < 4.78 is 0. The molecular weight excluding hydrogens is 326 g/mol. The number of thioether (sulfide) groups is 1. The Morgan fingerprint density at radius 2 is 2.04 bits per heavy atom. The van der Waals surface area contributed by atoms with Crippen molar-refractivity contribution in [3.8, 4) is 0 Å². The molecular formula is C11H21N7O4S. The lowest BCUT2D eigenvalue weighted by atomic mass is 10.2. The Morgan fingerprint density at radius 3 is 2.48 bits per heavy atom. The first kappa shape index (κ1) is 20.7. The van der Waals surface area contributed by atoms with Gasteiger partial charge in [0, 0.05) is 6.54 Å². The predicted molar refractivity (Wildman–Crippen MR) is 85.0 cm³/mol. The number of aliphatic imine (C=N–C) groups is 1. The van der Waals surface area contributed by atoms with Crippen molar-refractivity contribution in [3.63, 3.8) is 0 Å². The highest BCUT2D eigenvalue weighted by Gasteiger charge is 2.09. The maximum atomic E-state index is 10.2. The first-order valence-corrected chi connectivity index (χ1v) is 7.48. The van der Waals surface area contributed by atoms with Gasteiger partial charge in [-0.15, -0.1) is 5.10 Å². The van der Waals surface area contributed by atoms with Gasteiger partial charge < -0.3 is 27.4 Å². The predicted octanol–water partition coefficient (Wildman–Crippen LogP) is -1.26. The first-order valence-electron chi connectivity index (χ1n) is 6.49. The van der Waals surface area contributed by atoms with E-state index in [4.69, 9.17) is 27.4 Å². The SMILES string of the molecule is Cc1nc(SCC(=O)O)n[nH]1.NC(N)=NCCCC(N)C(=O)O. The third-order valence-electron chi connectivity index (χ3n) is 2.19. The van der Waals surface area contributed by atoms with Crippen LogP contribution < -0.4 is 17.2 Å². The van der Waals surface area contributed by atoms with Crippen LogP contribution in [0.25, 0.3) is 0 Å². The van der Waals surface area contributed by atoms with E-state index >= 15 is 0 Å². The minimum absolute atomic E-state index is 0.00269. The number of carboxylic acid groups (broad SMARTS) is 2. The molecule has 0 spiro atoms. The Morgan fingerprint density at radius 1 is 1.39 bits per heavy atom. The number of hydrogen-bond donors (Lipinski definition) is 6. The van der Waals surface area contributed by atoms with E-state index in [9.17, 15) is 9.59 Å². The second kappa shape index (κ2) is 11.3. The van der Waals surface area contributed by atoms with Crippen LogP contribution in [0.4, 0.5) is 0 Å². The van der Waals surface area contributed by atoms with Gasteiger partial charge in [-0.05, 0) is 19.8 Å². The number of aliphatic carboxylic acids is 2. The fourth-order valence-electron chi connectivity index (χ4n) is 1.16. The molecule has 0 radical (unpaired) electrons. The first-order chi connectivity index (χ1) is 10.7. The Labute approximate surface area is 136 Å². The molecule has 130 valence electrons. The van der Waals surface area contributed by atoms with E-state index in [1.54, 1.807) is 6.92 Å². The molecule has 0 aliphatic rings. The molecule has 1 aromatic rings. The lowest BCUT2D eigenvalue weighted by molar-refractivity contribution is -0.138. The van der Waals surface area contributed by atoms with Crippen LogP contribution in [0.5, 0.6) is 0 Å². The number of aromatic nitrogens is 3. The number of rotatable bonds is 8. The van der Waals surface area contributed by atoms with Gasteiger partial charge >= 0.3 is 11.9 Å². The number of aromatic amines is 1. The van der Waals surface area contributed by atoms with E-state index < -0.39 is 18.0 Å². The number of carboxylic acids is 2. The fraction of sp³-hybridized carbons (Fsp3) is 0.545. The van der Waals surface area contributed by atoms with Crippen molar-refractivity contribution in [3.05, 3.63) is 5.82 Å². The summed E-state index contributed by atoms with van der Waals surface area (Å²) >= 11 is 1.10. The lowest BCUT2D eigenvalue weighted by Gasteiger charge is -2.03. The number of hydrogen-bond acceptors (Lipinski definition) is 7. The molecule has 0 aromatic carbocycles. The molecule has 0 amide bonds. The quantitative estimate of drug-likeness (QED) is 0.142. The zero-order valence-electron chi connectivity index (χ0n) is 12.6. The van der Waals surface area contributed by atoms with Crippen molar-refractivity contribution >= 4 is 29.7 Å². The summed E-state index contributed by atoms with van der Waals surface area (Å²) in [6.07, 6.45) is 0.956. The van der Waals surface area contributed by atoms with Crippen LogP contribution in [-0.2, 0) is 9.59 Å². The molecule has 0 saturated heterocycles. The van der Waals surface area contributed by atoms with Gasteiger partial charge in [0.25, 0.3) is 0 Å². The van der Waals surface area contributed by atoms with Crippen molar-refractivity contribution in [2.75, 3.05) is 12.3 Å². The molecule has 1 unspecified atom stereocenters. The highest BCUT2D eigenvalue weighted by molar-refractivity contribution is 7.99. The van der Waals surface area contributed by atoms with Gasteiger partial charge in [-0.1, -0.05) is 11.8 Å². The summed E-state index contributed by atoms with van der Waals surface area (Å²) in [6.45, 7) is 2.18. The van der Waals surface area contributed by atoms with E-state index in [2.05, 4.69) is 20.2 Å². The highest BCUT2D eigenvalue weighted by atomic mass is 32.2. The van der Waals surface area contributed by atoms with E-state index in [1.165, 1.54) is 0 Å². The third-order valence-corrected chi connectivity index (χ3v) is 3.02. The summed E-state index contributed by atoms with van der Waals surface area (Å²) in [7, 11) is 0. The molecule has 9 N–H and O–H groups in total. The van der Waals surface area contributed by atoms with Crippen molar-refractivity contribution in [1.82, 2.24) is 15.2 Å². The van der Waals surface area contributed by atoms with Crippen molar-refractivity contribution < 1.29 is 19.8 Å². The zero-order chi connectivity index (χ0) is 17.8. The number of aryl methyl sites for hydroxylation is 1. The van der Waals surface area contributed by atoms with Gasteiger partial charge in [-0.25, -0.2) is 4.98 Å². The lowest BCUT2D eigenvalue weighted by Crippen LogP contribution is -2.30. The van der Waals surface area contributed by atoms with Crippen LogP contribution in [0, 0.1) is 6.92 Å². The minimum Gasteiger partial charge on any atom is -0.481 e. The van der Waals surface area contributed by atoms with Gasteiger partial charge in [-0.2, -0.15) is 0 Å². The molecule has 0 bridgehead atoms. The third kappa shape index (κ3) is 11.9. The van der Waals surface area contributed by atoms with Crippen LogP contribution in [0.3, 0.4) is 0 Å². The Hall–Kier alpha value is -2.34. The van der Waals surface area contributed by atoms with Gasteiger partial charge in [-0.3, -0.25) is 19.7 Å². The average molecular weight is 347 g/mol. The summed E-state index contributed by atoms with van der Waals surface area (Å²) in [6, 6.07) is -0.820. The Bertz CT molecular complexity index is 530.